The second-order valence-electron chi connectivity index (χ2n) is 5.00. The maximum absolute atomic E-state index is 11.4. The first-order chi connectivity index (χ1) is 12.2. The fourth-order valence-electron chi connectivity index (χ4n) is 2.64. The van der Waals surface area contributed by atoms with Gasteiger partial charge in [0.1, 0.15) is 0 Å². The summed E-state index contributed by atoms with van der Waals surface area (Å²) in [6, 6.07) is 7.15. The minimum Gasteiger partial charge on any atom is -1.00 e. The number of rotatable bonds is 4. The van der Waals surface area contributed by atoms with Crippen LogP contribution < -0.4 is 51.4 Å². The second kappa shape index (κ2) is 7.53. The number of nitro groups is 4. The third kappa shape index (κ3) is 3.35. The van der Waals surface area contributed by atoms with E-state index in [1.165, 1.54) is 12.1 Å². The summed E-state index contributed by atoms with van der Waals surface area (Å²) in [6.07, 6.45) is 0. The molecule has 0 aliphatic rings. The summed E-state index contributed by atoms with van der Waals surface area (Å²) in [4.78, 5) is 44.1. The van der Waals surface area contributed by atoms with Crippen LogP contribution in [0.4, 0.5) is 22.7 Å². The Balaban J connectivity index is 0.00000196. The SMILES string of the molecule is O=[N+]([O-])c1c([N+](=O)[O-])c([N+](=O)[O-])c2nc3ccccc3cc2c1[N+](=O)[O-].[H-].[K+]. The van der Waals surface area contributed by atoms with Crippen molar-refractivity contribution in [3.05, 3.63) is 70.8 Å². The smallest absolute Gasteiger partial charge is 1.00 e. The Hall–Kier alpha value is -2.65. The first-order valence-corrected chi connectivity index (χ1v) is 6.71. The van der Waals surface area contributed by atoms with Crippen LogP contribution in [0.5, 0.6) is 0 Å². The maximum Gasteiger partial charge on any atom is 1.00 e. The zero-order valence-corrected chi connectivity index (χ0v) is 16.5. The molecule has 0 N–H and O–H groups in total. The van der Waals surface area contributed by atoms with E-state index in [1.807, 2.05) is 0 Å². The number of nitro benzene ring substituents is 4. The molecule has 0 atom stereocenters. The molecule has 2 aromatic carbocycles. The summed E-state index contributed by atoms with van der Waals surface area (Å²) in [5, 5.41) is 45.2. The Kier molecular flexibility index (Phi) is 5.76. The van der Waals surface area contributed by atoms with Crippen molar-refractivity contribution in [2.45, 2.75) is 0 Å². The first-order valence-electron chi connectivity index (χ1n) is 6.71. The van der Waals surface area contributed by atoms with Gasteiger partial charge >= 0.3 is 74.1 Å². The molecule has 132 valence electrons. The molecule has 14 heteroatoms. The molecule has 0 fully saturated rings. The molecule has 0 radical (unpaired) electrons. The predicted octanol–water partition coefficient (Wildman–Crippen LogP) is 0.137. The van der Waals surface area contributed by atoms with E-state index in [9.17, 15) is 40.5 Å². The largest absolute Gasteiger partial charge is 1.00 e. The fourth-order valence-corrected chi connectivity index (χ4v) is 2.64. The number of fused-ring (bicyclic) bond motifs is 2. The molecule has 0 spiro atoms. The van der Waals surface area contributed by atoms with Crippen LogP contribution in [-0.2, 0) is 0 Å². The van der Waals surface area contributed by atoms with Gasteiger partial charge in [0.05, 0.1) is 30.6 Å². The van der Waals surface area contributed by atoms with Crippen molar-refractivity contribution in [3.63, 3.8) is 0 Å². The Morgan fingerprint density at radius 3 is 1.74 bits per heavy atom. The molecule has 27 heavy (non-hydrogen) atoms. The summed E-state index contributed by atoms with van der Waals surface area (Å²) < 4.78 is 0. The zero-order chi connectivity index (χ0) is 19.2. The Morgan fingerprint density at radius 1 is 0.741 bits per heavy atom. The third-order valence-corrected chi connectivity index (χ3v) is 3.61. The standard InChI is InChI=1S/C13H5N5O8.K.H/c19-15(20)10-7-5-6-3-1-2-4-8(6)14-9(7)11(16(21)22)13(18(25)26)12(10)17(23)24;;/h1-5H;;/q;+1;-1. The number of pyridine rings is 1. The van der Waals surface area contributed by atoms with Crippen molar-refractivity contribution in [1.29, 1.82) is 0 Å². The minimum atomic E-state index is -1.58. The average Bonchev–Trinajstić information content (AvgIpc) is 2.56. The zero-order valence-electron chi connectivity index (χ0n) is 14.4. The number of nitrogens with zero attached hydrogens (tertiary/aromatic N) is 5. The van der Waals surface area contributed by atoms with E-state index in [1.54, 1.807) is 12.1 Å². The van der Waals surface area contributed by atoms with Crippen molar-refractivity contribution in [2.24, 2.45) is 0 Å². The molecule has 0 saturated carbocycles. The molecule has 1 aromatic heterocycles. The molecule has 3 aromatic rings. The Labute approximate surface area is 191 Å². The molecular weight excluding hydrogens is 393 g/mol. The number of para-hydroxylation sites is 1. The minimum absolute atomic E-state index is 0. The van der Waals surface area contributed by atoms with Crippen LogP contribution in [0, 0.1) is 40.5 Å². The van der Waals surface area contributed by atoms with Crippen LogP contribution in [0.2, 0.25) is 0 Å². The second-order valence-corrected chi connectivity index (χ2v) is 5.00. The molecule has 13 nitrogen and oxygen atoms in total. The van der Waals surface area contributed by atoms with Crippen molar-refractivity contribution < 1.29 is 72.5 Å². The normalized spacial score (nSPS) is 10.4. The van der Waals surface area contributed by atoms with E-state index in [-0.39, 0.29) is 58.3 Å². The third-order valence-electron chi connectivity index (χ3n) is 3.61. The van der Waals surface area contributed by atoms with Crippen LogP contribution in [0.15, 0.2) is 30.3 Å². The summed E-state index contributed by atoms with van der Waals surface area (Å²) in [5.74, 6) is 0. The first kappa shape index (κ1) is 20.7. The molecule has 0 amide bonds. The Bertz CT molecular complexity index is 1080. The van der Waals surface area contributed by atoms with E-state index in [2.05, 4.69) is 4.98 Å². The molecule has 0 saturated heterocycles. The van der Waals surface area contributed by atoms with Crippen LogP contribution in [0.25, 0.3) is 21.8 Å². The van der Waals surface area contributed by atoms with Gasteiger partial charge in [0.25, 0.3) is 0 Å². The molecule has 3 rings (SSSR count). The number of aromatic nitrogens is 1. The van der Waals surface area contributed by atoms with Crippen LogP contribution in [0.1, 0.15) is 1.43 Å². The van der Waals surface area contributed by atoms with Gasteiger partial charge in [0, 0.05) is 5.39 Å². The van der Waals surface area contributed by atoms with Gasteiger partial charge < -0.3 is 1.43 Å². The van der Waals surface area contributed by atoms with Gasteiger partial charge in [-0.05, 0) is 12.1 Å². The monoisotopic (exact) mass is 399 g/mol. The van der Waals surface area contributed by atoms with Crippen molar-refractivity contribution in [1.82, 2.24) is 4.98 Å². The summed E-state index contributed by atoms with van der Waals surface area (Å²) >= 11 is 0. The molecule has 0 aliphatic heterocycles. The number of hydrogen-bond donors (Lipinski definition) is 0. The van der Waals surface area contributed by atoms with Gasteiger partial charge in [-0.25, -0.2) is 4.98 Å². The average molecular weight is 399 g/mol. The molecular formula is C13H6KN5O8. The van der Waals surface area contributed by atoms with E-state index in [4.69, 9.17) is 0 Å². The van der Waals surface area contributed by atoms with E-state index in [0.717, 1.165) is 6.07 Å². The van der Waals surface area contributed by atoms with Gasteiger partial charge in [0.2, 0.25) is 0 Å². The van der Waals surface area contributed by atoms with Crippen molar-refractivity contribution in [2.75, 3.05) is 0 Å². The van der Waals surface area contributed by atoms with E-state index < -0.39 is 53.3 Å². The quantitative estimate of drug-likeness (QED) is 0.254. The number of hydrogen-bond acceptors (Lipinski definition) is 9. The molecule has 0 unspecified atom stereocenters. The molecule has 1 heterocycles. The Morgan fingerprint density at radius 2 is 1.22 bits per heavy atom. The van der Waals surface area contributed by atoms with Gasteiger partial charge in [0.15, 0.2) is 5.52 Å². The van der Waals surface area contributed by atoms with Crippen LogP contribution in [-0.4, -0.2) is 24.7 Å². The maximum atomic E-state index is 11.4. The van der Waals surface area contributed by atoms with Gasteiger partial charge in [-0.15, -0.1) is 0 Å². The topological polar surface area (TPSA) is 185 Å². The number of benzene rings is 2. The van der Waals surface area contributed by atoms with Crippen LogP contribution >= 0.6 is 0 Å². The van der Waals surface area contributed by atoms with Crippen molar-refractivity contribution >= 4 is 44.6 Å². The van der Waals surface area contributed by atoms with E-state index in [0.29, 0.717) is 5.39 Å². The fraction of sp³-hybridized carbons (Fsp3) is 0. The van der Waals surface area contributed by atoms with Gasteiger partial charge in [-0.3, -0.25) is 40.5 Å². The summed E-state index contributed by atoms with van der Waals surface area (Å²) in [5.41, 5.74) is -6.12. The van der Waals surface area contributed by atoms with Crippen LogP contribution in [0.3, 0.4) is 0 Å². The molecule has 0 bridgehead atoms. The van der Waals surface area contributed by atoms with E-state index >= 15 is 0 Å². The molecule has 0 aliphatic carbocycles. The van der Waals surface area contributed by atoms with Gasteiger partial charge in [-0.2, -0.15) is 0 Å². The van der Waals surface area contributed by atoms with Gasteiger partial charge in [-0.1, -0.05) is 18.2 Å². The summed E-state index contributed by atoms with van der Waals surface area (Å²) in [7, 11) is 0. The summed E-state index contributed by atoms with van der Waals surface area (Å²) in [6.45, 7) is 0. The van der Waals surface area contributed by atoms with Crippen molar-refractivity contribution in [3.8, 4) is 0 Å². The predicted molar refractivity (Wildman–Crippen MR) is 87.0 cm³/mol.